The van der Waals surface area contributed by atoms with Gasteiger partial charge in [0.2, 0.25) is 0 Å². The fourth-order valence-corrected chi connectivity index (χ4v) is 8.44. The van der Waals surface area contributed by atoms with Gasteiger partial charge in [-0.15, -0.1) is 0 Å². The number of hydrogen-bond acceptors (Lipinski definition) is 15. The fourth-order valence-electron chi connectivity index (χ4n) is 5.49. The number of phosphoric ester groups is 3. The Morgan fingerprint density at radius 2 is 1.11 bits per heavy atom. The first kappa shape index (κ1) is 40.7. The molecule has 0 aromatic carbocycles. The Labute approximate surface area is 271 Å². The molecule has 3 saturated heterocycles. The number of aliphatic hydroxyl groups is 2. The minimum Gasteiger partial charge on any atom is -0.396 e. The maximum Gasteiger partial charge on any atom is 0.472 e. The third-order valence-electron chi connectivity index (χ3n) is 7.75. The summed E-state index contributed by atoms with van der Waals surface area (Å²) in [5.41, 5.74) is 5.48. The average Bonchev–Trinajstić information content (AvgIpc) is 3.61. The molecule has 3 fully saturated rings. The number of hydrogen-bond donors (Lipinski definition) is 6. The molecule has 46 heavy (non-hydrogen) atoms. The van der Waals surface area contributed by atoms with Crippen LogP contribution in [-0.4, -0.2) is 143 Å². The van der Waals surface area contributed by atoms with E-state index in [1.54, 1.807) is 23.5 Å². The highest BCUT2D eigenvalue weighted by molar-refractivity contribution is 7.48. The summed E-state index contributed by atoms with van der Waals surface area (Å²) in [4.78, 5) is 31.0. The second kappa shape index (κ2) is 18.5. The number of aliphatic hydroxyl groups excluding tert-OH is 2. The van der Waals surface area contributed by atoms with Crippen LogP contribution in [-0.2, 0) is 55.0 Å². The van der Waals surface area contributed by atoms with Crippen molar-refractivity contribution in [1.29, 1.82) is 0 Å². The molecule has 0 bridgehead atoms. The second-order valence-electron chi connectivity index (χ2n) is 11.9. The first-order valence-corrected chi connectivity index (χ1v) is 19.9. The smallest absolute Gasteiger partial charge is 0.396 e. The van der Waals surface area contributed by atoms with Crippen LogP contribution in [0.25, 0.3) is 0 Å². The van der Waals surface area contributed by atoms with Gasteiger partial charge in [0.25, 0.3) is 0 Å². The maximum absolute atomic E-state index is 12.9. The van der Waals surface area contributed by atoms with Gasteiger partial charge in [0.05, 0.1) is 44.7 Å². The van der Waals surface area contributed by atoms with E-state index in [1.807, 2.05) is 0 Å². The summed E-state index contributed by atoms with van der Waals surface area (Å²) >= 11 is 0. The lowest BCUT2D eigenvalue weighted by Gasteiger charge is -2.25. The Morgan fingerprint density at radius 1 is 0.696 bits per heavy atom. The Bertz CT molecular complexity index is 1090. The van der Waals surface area contributed by atoms with E-state index in [0.29, 0.717) is 13.0 Å². The highest BCUT2D eigenvalue weighted by Gasteiger charge is 2.45. The third kappa shape index (κ3) is 13.5. The zero-order chi connectivity index (χ0) is 34.1. The molecule has 0 aliphatic carbocycles. The van der Waals surface area contributed by atoms with Crippen LogP contribution in [0.3, 0.4) is 0 Å². The van der Waals surface area contributed by atoms with E-state index in [0.717, 1.165) is 12.8 Å². The van der Waals surface area contributed by atoms with Crippen LogP contribution in [0.4, 0.5) is 0 Å². The molecular weight excluding hydrogens is 676 g/mol. The van der Waals surface area contributed by atoms with E-state index < -0.39 is 91.9 Å². The van der Waals surface area contributed by atoms with Gasteiger partial charge in [0, 0.05) is 30.5 Å². The van der Waals surface area contributed by atoms with Gasteiger partial charge < -0.3 is 44.8 Å². The summed E-state index contributed by atoms with van der Waals surface area (Å²) < 4.78 is 86.0. The molecule has 0 amide bonds. The summed E-state index contributed by atoms with van der Waals surface area (Å²) in [6.07, 6.45) is -3.25. The van der Waals surface area contributed by atoms with Crippen LogP contribution < -0.4 is 5.73 Å². The van der Waals surface area contributed by atoms with Crippen LogP contribution in [0.15, 0.2) is 0 Å². The van der Waals surface area contributed by atoms with E-state index in [1.165, 1.54) is 0 Å². The molecule has 7 N–H and O–H groups in total. The molecule has 3 aliphatic heterocycles. The monoisotopic (exact) mass is 723 g/mol. The van der Waals surface area contributed by atoms with Crippen LogP contribution in [0.2, 0.25) is 0 Å². The second-order valence-corrected chi connectivity index (χ2v) is 16.1. The van der Waals surface area contributed by atoms with Gasteiger partial charge in [0.1, 0.15) is 41.9 Å². The van der Waals surface area contributed by atoms with E-state index in [4.69, 9.17) is 47.1 Å². The zero-order valence-corrected chi connectivity index (χ0v) is 29.0. The first-order valence-electron chi connectivity index (χ1n) is 15.4. The Morgan fingerprint density at radius 3 is 1.52 bits per heavy atom. The molecule has 0 radical (unpaired) electrons. The van der Waals surface area contributed by atoms with Crippen molar-refractivity contribution in [3.63, 3.8) is 0 Å². The Kier molecular flexibility index (Phi) is 16.4. The lowest BCUT2D eigenvalue weighted by atomic mass is 9.96. The number of ether oxygens (including phenoxy) is 3. The summed E-state index contributed by atoms with van der Waals surface area (Å²) in [6.45, 7) is -1.46. The van der Waals surface area contributed by atoms with E-state index in [9.17, 15) is 38.6 Å². The quantitative estimate of drug-likeness (QED) is 0.0405. The summed E-state index contributed by atoms with van der Waals surface area (Å²) in [6, 6.07) is -1.19. The average molecular weight is 723 g/mol. The number of rotatable bonds is 21. The van der Waals surface area contributed by atoms with Crippen molar-refractivity contribution in [2.75, 3.05) is 39.6 Å². The molecule has 3 rings (SSSR count). The highest BCUT2D eigenvalue weighted by Crippen LogP contribution is 2.51. The lowest BCUT2D eigenvalue weighted by Crippen LogP contribution is -2.31. The van der Waals surface area contributed by atoms with Gasteiger partial charge in [0.15, 0.2) is 0 Å². The molecule has 0 spiro atoms. The maximum atomic E-state index is 12.9. The molecule has 0 aromatic rings. The fraction of sp³-hybridized carbons (Fsp3) is 1.00. The van der Waals surface area contributed by atoms with Crippen molar-refractivity contribution in [3.05, 3.63) is 0 Å². The van der Waals surface area contributed by atoms with Crippen molar-refractivity contribution in [2.45, 2.75) is 93.2 Å². The van der Waals surface area contributed by atoms with Crippen molar-refractivity contribution < 1.29 is 79.9 Å². The molecular formula is C22H47B3NO17P3. The minimum absolute atomic E-state index is 0.133. The highest BCUT2D eigenvalue weighted by atomic mass is 31.2. The SMILES string of the molecule is B[C@H]1C[C@@H](OP(=O)(O)OC[C@H]2O[C@@H](B)C[C@H]2OP(=O)(O)OC[C@H]2O[C@@H](B)C[C@H]2OP(=O)(O)OCC(CO)CCCCN)[C@@H](CO)O1. The summed E-state index contributed by atoms with van der Waals surface area (Å²) in [5, 5.41) is 19.0. The molecule has 266 valence electrons. The topological polar surface area (TPSA) is 261 Å². The number of nitrogens with two attached hydrogens (primary N) is 1. The molecule has 0 aromatic heterocycles. The van der Waals surface area contributed by atoms with Crippen LogP contribution in [0.5, 0.6) is 0 Å². The zero-order valence-electron chi connectivity index (χ0n) is 26.3. The molecule has 4 unspecified atom stereocenters. The minimum atomic E-state index is -4.78. The van der Waals surface area contributed by atoms with Crippen molar-refractivity contribution >= 4 is 47.0 Å². The van der Waals surface area contributed by atoms with Crippen LogP contribution in [0.1, 0.15) is 38.5 Å². The van der Waals surface area contributed by atoms with Gasteiger partial charge >= 0.3 is 23.5 Å². The predicted octanol–water partition coefficient (Wildman–Crippen LogP) is -2.53. The normalized spacial score (nSPS) is 36.3. The molecule has 13 atom stereocenters. The van der Waals surface area contributed by atoms with Crippen LogP contribution >= 0.6 is 23.5 Å². The Balaban J connectivity index is 1.50. The van der Waals surface area contributed by atoms with Crippen molar-refractivity contribution in [3.8, 4) is 0 Å². The van der Waals surface area contributed by atoms with Gasteiger partial charge in [-0.05, 0) is 38.6 Å². The molecule has 0 saturated carbocycles. The number of phosphoric acid groups is 3. The summed E-state index contributed by atoms with van der Waals surface area (Å²) in [5.74, 6) is -0.386. The van der Waals surface area contributed by atoms with Gasteiger partial charge in [-0.2, -0.15) is 0 Å². The van der Waals surface area contributed by atoms with Crippen molar-refractivity contribution in [1.82, 2.24) is 0 Å². The van der Waals surface area contributed by atoms with E-state index in [2.05, 4.69) is 0 Å². The molecule has 18 nitrogen and oxygen atoms in total. The van der Waals surface area contributed by atoms with Gasteiger partial charge in [-0.3, -0.25) is 27.1 Å². The van der Waals surface area contributed by atoms with E-state index >= 15 is 0 Å². The Hall–Kier alpha value is 0.285. The molecule has 3 heterocycles. The molecule has 3 aliphatic rings. The summed E-state index contributed by atoms with van der Waals surface area (Å²) in [7, 11) is -8.93. The molecule has 24 heteroatoms. The van der Waals surface area contributed by atoms with Crippen molar-refractivity contribution in [2.24, 2.45) is 11.7 Å². The third-order valence-corrected chi connectivity index (χ3v) is 10.8. The first-order chi connectivity index (χ1) is 21.5. The lowest BCUT2D eigenvalue weighted by molar-refractivity contribution is -0.0325. The van der Waals surface area contributed by atoms with Crippen LogP contribution in [0, 0.1) is 5.92 Å². The number of unbranched alkanes of at least 4 members (excludes halogenated alkanes) is 1. The standard InChI is InChI=1S/C22H47B3NO17P3/c23-20-5-14(17(9-28)38-20)41-45(31,32)36-11-19-16(7-22(25)40-19)43-46(33,34)37-12-18-15(6-21(24)39-18)42-44(29,30)35-10-13(8-27)3-1-2-4-26/h13-22,27-28H,1-12,23-26H2,(H,29,30)(H,31,32)(H,33,34)/t13?,14-,15-,16-,17-,18-,19-,20-,21-,22-/m1/s1. The van der Waals surface area contributed by atoms with Gasteiger partial charge in [-0.1, -0.05) is 6.42 Å². The van der Waals surface area contributed by atoms with E-state index in [-0.39, 0.29) is 44.4 Å². The largest absolute Gasteiger partial charge is 0.472 e. The predicted molar refractivity (Wildman–Crippen MR) is 168 cm³/mol. The van der Waals surface area contributed by atoms with Gasteiger partial charge in [-0.25, -0.2) is 13.7 Å².